The van der Waals surface area contributed by atoms with Gasteiger partial charge in [-0.05, 0) is 6.92 Å². The highest BCUT2D eigenvalue weighted by molar-refractivity contribution is 7.99. The van der Waals surface area contributed by atoms with E-state index in [1.165, 1.54) is 11.8 Å². The molecule has 5 heteroatoms. The lowest BCUT2D eigenvalue weighted by Crippen LogP contribution is -1.94. The lowest BCUT2D eigenvalue weighted by molar-refractivity contribution is 0.560. The number of rotatable bonds is 3. The van der Waals surface area contributed by atoms with Gasteiger partial charge in [-0.1, -0.05) is 11.8 Å². The molecule has 0 aromatic carbocycles. The Morgan fingerprint density at radius 2 is 2.36 bits per heavy atom. The Kier molecular flexibility index (Phi) is 2.64. The maximum atomic E-state index is 9.89. The van der Waals surface area contributed by atoms with E-state index in [0.29, 0.717) is 5.75 Å². The number of thioether (sulfide) groups is 1. The van der Waals surface area contributed by atoms with Crippen molar-refractivity contribution in [3.05, 3.63) is 5.82 Å². The Morgan fingerprint density at radius 1 is 1.64 bits per heavy atom. The van der Waals surface area contributed by atoms with E-state index in [4.69, 9.17) is 0 Å². The first kappa shape index (κ1) is 8.26. The molecular weight excluding hydrogens is 162 g/mol. The molecule has 0 spiro atoms. The van der Waals surface area contributed by atoms with Gasteiger partial charge < -0.3 is 4.57 Å². The van der Waals surface area contributed by atoms with Gasteiger partial charge in [0.15, 0.2) is 5.16 Å². The van der Waals surface area contributed by atoms with Crippen LogP contribution in [0.4, 0.5) is 0 Å². The maximum absolute atomic E-state index is 9.89. The monoisotopic (exact) mass is 170 g/mol. The predicted molar refractivity (Wildman–Crippen MR) is 42.2 cm³/mol. The second kappa shape index (κ2) is 3.52. The zero-order chi connectivity index (χ0) is 8.27. The summed E-state index contributed by atoms with van der Waals surface area (Å²) >= 11 is 1.33. The van der Waals surface area contributed by atoms with Crippen molar-refractivity contribution in [2.24, 2.45) is 7.05 Å². The number of hydrogen-bond donors (Lipinski definition) is 0. The number of carbonyl (C=O) groups excluding carboxylic acids is 1. The number of hydrogen-bond acceptors (Lipinski definition) is 4. The van der Waals surface area contributed by atoms with Crippen LogP contribution in [-0.2, 0) is 11.8 Å². The molecule has 0 N–H and O–H groups in total. The van der Waals surface area contributed by atoms with E-state index >= 15 is 0 Å². The first-order valence-corrected chi connectivity index (χ1v) is 4.08. The summed E-state index contributed by atoms with van der Waals surface area (Å²) in [6.07, 6.45) is 1.78. The van der Waals surface area contributed by atoms with Crippen LogP contribution in [0.2, 0.25) is 0 Å². The highest BCUT2D eigenvalue weighted by atomic mass is 32.2. The predicted octanol–water partition coefficient (Wildman–Crippen LogP) is 0.325. The number of aryl methyl sites for hydroxylation is 1. The zero-order valence-corrected chi connectivity index (χ0v) is 7.18. The Bertz CT molecular complexity index is 258. The molecule has 0 fully saturated rings. The third-order valence-corrected chi connectivity index (χ3v) is 2.19. The lowest BCUT2D eigenvalue weighted by atomic mass is 10.7. The van der Waals surface area contributed by atoms with Crippen LogP contribution < -0.4 is 0 Å². The normalized spacial score (nSPS) is 10.0. The average molecular weight is 170 g/mol. The minimum absolute atomic E-state index is 0.311. The molecule has 11 heavy (non-hydrogen) atoms. The van der Waals surface area contributed by atoms with Gasteiger partial charge in [0.1, 0.15) is 5.82 Å². The molecule has 0 aliphatic rings. The van der Waals surface area contributed by atoms with Gasteiger partial charge in [0.2, 0.25) is 6.29 Å². The van der Waals surface area contributed by atoms with Gasteiger partial charge in [-0.3, -0.25) is 4.79 Å². The van der Waals surface area contributed by atoms with Crippen molar-refractivity contribution in [3.8, 4) is 0 Å². The average Bonchev–Trinajstić information content (AvgIpc) is 2.31. The standard InChI is InChI=1S/C6H8N3OS/c1-5-7-8-6(9(5)2)11-4-3-10/h4H2,1-2H3. The molecule has 0 atom stereocenters. The van der Waals surface area contributed by atoms with E-state index in [1.807, 2.05) is 18.5 Å². The van der Waals surface area contributed by atoms with Crippen molar-refractivity contribution in [2.45, 2.75) is 12.1 Å². The molecule has 0 unspecified atom stereocenters. The zero-order valence-electron chi connectivity index (χ0n) is 6.37. The van der Waals surface area contributed by atoms with Crippen molar-refractivity contribution in [3.63, 3.8) is 0 Å². The first-order valence-electron chi connectivity index (χ1n) is 3.09. The fourth-order valence-corrected chi connectivity index (χ4v) is 1.22. The van der Waals surface area contributed by atoms with Crippen LogP contribution in [0.25, 0.3) is 0 Å². The molecule has 1 aromatic rings. The van der Waals surface area contributed by atoms with Crippen molar-refractivity contribution in [1.82, 2.24) is 14.8 Å². The summed E-state index contributed by atoms with van der Waals surface area (Å²) in [5.41, 5.74) is 0. The third-order valence-electron chi connectivity index (χ3n) is 1.31. The largest absolute Gasteiger partial charge is 0.309 e. The summed E-state index contributed by atoms with van der Waals surface area (Å²) in [4.78, 5) is 9.89. The van der Waals surface area contributed by atoms with Gasteiger partial charge in [0.05, 0.1) is 5.75 Å². The van der Waals surface area contributed by atoms with E-state index in [2.05, 4.69) is 10.2 Å². The van der Waals surface area contributed by atoms with E-state index in [1.54, 1.807) is 6.29 Å². The van der Waals surface area contributed by atoms with Gasteiger partial charge >= 0.3 is 0 Å². The van der Waals surface area contributed by atoms with Crippen LogP contribution in [0.3, 0.4) is 0 Å². The summed E-state index contributed by atoms with van der Waals surface area (Å²) in [7, 11) is 1.86. The maximum Gasteiger partial charge on any atom is 0.209 e. The molecule has 4 nitrogen and oxygen atoms in total. The highest BCUT2D eigenvalue weighted by Crippen LogP contribution is 2.13. The Balaban J connectivity index is 2.70. The topological polar surface area (TPSA) is 47.8 Å². The van der Waals surface area contributed by atoms with Crippen LogP contribution >= 0.6 is 11.8 Å². The van der Waals surface area contributed by atoms with E-state index in [-0.39, 0.29) is 0 Å². The number of aromatic nitrogens is 3. The molecule has 0 bridgehead atoms. The Morgan fingerprint density at radius 3 is 2.82 bits per heavy atom. The van der Waals surface area contributed by atoms with Crippen molar-refractivity contribution >= 4 is 18.0 Å². The fourth-order valence-electron chi connectivity index (χ4n) is 0.607. The second-order valence-electron chi connectivity index (χ2n) is 2.02. The third kappa shape index (κ3) is 1.80. The molecule has 1 rings (SSSR count). The molecule has 1 heterocycles. The van der Waals surface area contributed by atoms with Crippen LogP contribution in [0.15, 0.2) is 5.16 Å². The van der Waals surface area contributed by atoms with Gasteiger partial charge in [-0.25, -0.2) is 0 Å². The first-order chi connectivity index (χ1) is 5.25. The minimum atomic E-state index is 0.311. The van der Waals surface area contributed by atoms with Crippen molar-refractivity contribution in [1.29, 1.82) is 0 Å². The fraction of sp³-hybridized carbons (Fsp3) is 0.500. The molecule has 0 aliphatic carbocycles. The van der Waals surface area contributed by atoms with E-state index in [9.17, 15) is 4.79 Å². The molecule has 1 aromatic heterocycles. The minimum Gasteiger partial charge on any atom is -0.309 e. The second-order valence-corrected chi connectivity index (χ2v) is 2.96. The van der Waals surface area contributed by atoms with Gasteiger partial charge in [-0.15, -0.1) is 10.2 Å². The summed E-state index contributed by atoms with van der Waals surface area (Å²) in [5.74, 6) is 1.16. The Hall–Kier alpha value is -0.840. The Labute approximate surface area is 69.0 Å². The van der Waals surface area contributed by atoms with Gasteiger partial charge in [-0.2, -0.15) is 0 Å². The summed E-state index contributed by atoms with van der Waals surface area (Å²) < 4.78 is 1.84. The molecular formula is C6H8N3OS. The van der Waals surface area contributed by atoms with Crippen LogP contribution in [0.1, 0.15) is 5.82 Å². The van der Waals surface area contributed by atoms with Gasteiger partial charge in [0.25, 0.3) is 0 Å². The molecule has 0 aliphatic heterocycles. The van der Waals surface area contributed by atoms with Crippen LogP contribution in [-0.4, -0.2) is 26.8 Å². The SMILES string of the molecule is Cc1nnc(SC[C]=O)n1C. The molecule has 0 saturated carbocycles. The summed E-state index contributed by atoms with van der Waals surface area (Å²) in [6.45, 7) is 1.86. The molecule has 59 valence electrons. The number of nitrogens with zero attached hydrogens (tertiary/aromatic N) is 3. The van der Waals surface area contributed by atoms with Gasteiger partial charge in [0, 0.05) is 7.05 Å². The van der Waals surface area contributed by atoms with E-state index < -0.39 is 0 Å². The van der Waals surface area contributed by atoms with Crippen LogP contribution in [0.5, 0.6) is 0 Å². The quantitative estimate of drug-likeness (QED) is 0.613. The smallest absolute Gasteiger partial charge is 0.209 e. The van der Waals surface area contributed by atoms with Crippen molar-refractivity contribution in [2.75, 3.05) is 5.75 Å². The van der Waals surface area contributed by atoms with Crippen molar-refractivity contribution < 1.29 is 4.79 Å². The molecule has 0 saturated heterocycles. The summed E-state index contributed by atoms with van der Waals surface area (Å²) in [5, 5.41) is 8.44. The molecule has 1 radical (unpaired) electrons. The van der Waals surface area contributed by atoms with E-state index in [0.717, 1.165) is 11.0 Å². The van der Waals surface area contributed by atoms with Crippen LogP contribution in [0, 0.1) is 6.92 Å². The lowest BCUT2D eigenvalue weighted by Gasteiger charge is -1.95. The summed E-state index contributed by atoms with van der Waals surface area (Å²) in [6, 6.07) is 0. The highest BCUT2D eigenvalue weighted by Gasteiger charge is 2.03. The molecule has 0 amide bonds.